The summed E-state index contributed by atoms with van der Waals surface area (Å²) in [7, 11) is 3.68. The second-order valence-electron chi connectivity index (χ2n) is 14.2. The maximum absolute atomic E-state index is 13.0. The zero-order valence-electron chi connectivity index (χ0n) is 31.5. The van der Waals surface area contributed by atoms with Crippen LogP contribution in [0.25, 0.3) is 0 Å². The molecule has 2 atom stereocenters. The number of nitriles is 1. The average molecular weight is 782 g/mol. The molecule has 11 heteroatoms. The summed E-state index contributed by atoms with van der Waals surface area (Å²) in [4.78, 5) is 38.2. The predicted molar refractivity (Wildman–Crippen MR) is 213 cm³/mol. The number of aryl methyl sites for hydroxylation is 3. The van der Waals surface area contributed by atoms with Crippen molar-refractivity contribution < 1.29 is 9.59 Å². The first-order chi connectivity index (χ1) is 25.7. The van der Waals surface area contributed by atoms with Crippen molar-refractivity contribution in [2.24, 2.45) is 0 Å². The molecule has 0 saturated heterocycles. The number of pyridine rings is 1. The Kier molecular flexibility index (Phi) is 14.8. The van der Waals surface area contributed by atoms with E-state index in [9.17, 15) is 9.59 Å². The fourth-order valence-corrected chi connectivity index (χ4v) is 7.74. The number of carbonyl (C=O) groups excluding carboxylic acids is 2. The van der Waals surface area contributed by atoms with Crippen LogP contribution in [-0.2, 0) is 30.6 Å². The van der Waals surface area contributed by atoms with Crippen molar-refractivity contribution in [2.75, 3.05) is 33.7 Å². The third-order valence-electron chi connectivity index (χ3n) is 10.5. The number of nitrogens with one attached hydrogen (secondary N) is 2. The number of aldehydes is 1. The van der Waals surface area contributed by atoms with Gasteiger partial charge >= 0.3 is 6.03 Å². The minimum absolute atomic E-state index is 0.0709. The van der Waals surface area contributed by atoms with Crippen LogP contribution in [0.15, 0.2) is 71.7 Å². The number of hydrogen-bond acceptors (Lipinski definition) is 7. The van der Waals surface area contributed by atoms with Gasteiger partial charge in [0.2, 0.25) is 0 Å². The average Bonchev–Trinajstić information content (AvgIpc) is 3.56. The molecule has 6 rings (SSSR count). The third kappa shape index (κ3) is 10.6. The van der Waals surface area contributed by atoms with Gasteiger partial charge in [-0.05, 0) is 103 Å². The third-order valence-corrected chi connectivity index (χ3v) is 10.9. The number of hydrogen-bond donors (Lipinski definition) is 2. The van der Waals surface area contributed by atoms with E-state index >= 15 is 0 Å². The van der Waals surface area contributed by atoms with Crippen molar-refractivity contribution in [1.82, 2.24) is 35.0 Å². The van der Waals surface area contributed by atoms with Gasteiger partial charge in [-0.15, -0.1) is 0 Å². The van der Waals surface area contributed by atoms with Gasteiger partial charge in [-0.25, -0.2) is 9.78 Å². The number of aromatic nitrogens is 3. The van der Waals surface area contributed by atoms with Gasteiger partial charge in [-0.3, -0.25) is 9.88 Å². The quantitative estimate of drug-likeness (QED) is 0.153. The molecule has 0 bridgehead atoms. The highest BCUT2D eigenvalue weighted by Crippen LogP contribution is 2.37. The van der Waals surface area contributed by atoms with E-state index in [1.54, 1.807) is 11.9 Å². The lowest BCUT2D eigenvalue weighted by Crippen LogP contribution is -2.52. The lowest BCUT2D eigenvalue weighted by molar-refractivity contribution is -0.112. The van der Waals surface area contributed by atoms with E-state index in [2.05, 4.69) is 85.2 Å². The second-order valence-corrected chi connectivity index (χ2v) is 15.1. The Morgan fingerprint density at radius 3 is 2.55 bits per heavy atom. The molecule has 0 spiro atoms. The number of rotatable bonds is 12. The van der Waals surface area contributed by atoms with Crippen LogP contribution in [0.2, 0.25) is 0 Å². The van der Waals surface area contributed by atoms with Crippen molar-refractivity contribution in [2.45, 2.75) is 89.9 Å². The van der Waals surface area contributed by atoms with Crippen LogP contribution in [0, 0.1) is 18.3 Å². The molecule has 2 aromatic carbocycles. The normalized spacial score (nSPS) is 15.9. The number of fused-ring (bicyclic) bond motifs is 2. The van der Waals surface area contributed by atoms with Crippen molar-refractivity contribution in [3.05, 3.63) is 116 Å². The number of amides is 2. The van der Waals surface area contributed by atoms with Gasteiger partial charge in [0.1, 0.15) is 12.3 Å². The minimum Gasteiger partial charge on any atom is -0.335 e. The molecule has 2 amide bonds. The molecule has 10 nitrogen and oxygen atoms in total. The molecule has 0 aliphatic heterocycles. The molecule has 2 heterocycles. The minimum atomic E-state index is -0.547. The zero-order valence-corrected chi connectivity index (χ0v) is 33.1. The van der Waals surface area contributed by atoms with E-state index in [1.165, 1.54) is 39.9 Å². The van der Waals surface area contributed by atoms with E-state index in [0.29, 0.717) is 12.1 Å². The Bertz CT molecular complexity index is 1790. The van der Waals surface area contributed by atoms with E-state index < -0.39 is 6.04 Å². The lowest BCUT2D eigenvalue weighted by atomic mass is 9.94. The Morgan fingerprint density at radius 1 is 1.09 bits per heavy atom. The zero-order chi connectivity index (χ0) is 37.7. The number of benzene rings is 2. The fourth-order valence-electron chi connectivity index (χ4n) is 7.36. The van der Waals surface area contributed by atoms with Crippen LogP contribution in [0.4, 0.5) is 4.79 Å². The summed E-state index contributed by atoms with van der Waals surface area (Å²) in [6, 6.07) is 18.0. The van der Waals surface area contributed by atoms with Crippen LogP contribution < -0.4 is 10.6 Å². The van der Waals surface area contributed by atoms with Crippen LogP contribution in [-0.4, -0.2) is 82.5 Å². The summed E-state index contributed by atoms with van der Waals surface area (Å²) in [5, 5.41) is 15.0. The summed E-state index contributed by atoms with van der Waals surface area (Å²) in [6.07, 6.45) is 14.9. The molecule has 2 aromatic heterocycles. The Hall–Kier alpha value is -4.37. The highest BCUT2D eigenvalue weighted by atomic mass is 79.9. The van der Waals surface area contributed by atoms with Gasteiger partial charge in [0.25, 0.3) is 0 Å². The highest BCUT2D eigenvalue weighted by Gasteiger charge is 2.33. The first-order valence-corrected chi connectivity index (χ1v) is 19.6. The second kappa shape index (κ2) is 19.6. The van der Waals surface area contributed by atoms with Crippen LogP contribution >= 0.6 is 15.9 Å². The number of imidazole rings is 1. The summed E-state index contributed by atoms with van der Waals surface area (Å²) < 4.78 is 3.11. The lowest BCUT2D eigenvalue weighted by Gasteiger charge is -2.36. The molecule has 280 valence electrons. The Morgan fingerprint density at radius 2 is 1.85 bits per heavy atom. The van der Waals surface area contributed by atoms with Crippen LogP contribution in [0.3, 0.4) is 0 Å². The molecule has 53 heavy (non-hydrogen) atoms. The molecule has 0 radical (unpaired) electrons. The number of urea groups is 1. The number of nitrogens with zero attached hydrogens (tertiary/aromatic N) is 6. The first-order valence-electron chi connectivity index (χ1n) is 18.8. The van der Waals surface area contributed by atoms with Gasteiger partial charge in [0, 0.05) is 61.7 Å². The molecule has 1 unspecified atom stereocenters. The molecule has 2 aliphatic carbocycles. The molecule has 2 N–H and O–H groups in total. The van der Waals surface area contributed by atoms with Gasteiger partial charge in [-0.2, -0.15) is 5.26 Å². The van der Waals surface area contributed by atoms with E-state index in [4.69, 9.17) is 10.2 Å². The van der Waals surface area contributed by atoms with Gasteiger partial charge in [-0.1, -0.05) is 62.1 Å². The molecular formula is C42H53BrN8O2. The summed E-state index contributed by atoms with van der Waals surface area (Å²) in [5.74, 6) is 0. The number of halogens is 1. The Balaban J connectivity index is 0.000000252. The SMILES string of the molecule is CCN(C[C@H](C=O)N(C)C(=O)NC1CCCCC1)C1c2ccc(C)cc2CCc2cc(Br)cnc21.CNCCc1cncn1Cc1ccc(C#N)cc1. The molecule has 1 fully saturated rings. The van der Waals surface area contributed by atoms with Crippen LogP contribution in [0.1, 0.15) is 89.8 Å². The maximum Gasteiger partial charge on any atom is 0.318 e. The summed E-state index contributed by atoms with van der Waals surface area (Å²) in [6.45, 7) is 7.16. The standard InChI is InChI=1S/C28H37BrN4O2.C14H16N4/c1-4-33(17-24(18-34)32(3)28(35)31-23-8-6-5-7-9-23)27-25-13-10-19(2)14-20(25)11-12-21-15-22(29)16-30-26(21)27;1-16-7-6-14-9-17-11-18(14)10-13-4-2-12(8-15)3-5-13/h10,13-16,18,23-24,27H,4-9,11-12,17H2,1-3H3,(H,31,35);2-5,9,11,16H,6-7,10H2,1H3/t24-,27?;/m1./s1. The number of carbonyl (C=O) groups is 2. The smallest absolute Gasteiger partial charge is 0.318 e. The molecule has 1 saturated carbocycles. The number of likely N-dealkylation sites (N-methyl/N-ethyl adjacent to an activating group) is 3. The van der Waals surface area contributed by atoms with Gasteiger partial charge in [0.05, 0.1) is 29.7 Å². The largest absolute Gasteiger partial charge is 0.335 e. The topological polar surface area (TPSA) is 119 Å². The molecule has 4 aromatic rings. The summed E-state index contributed by atoms with van der Waals surface area (Å²) in [5.41, 5.74) is 9.17. The van der Waals surface area contributed by atoms with E-state index in [-0.39, 0.29) is 18.1 Å². The summed E-state index contributed by atoms with van der Waals surface area (Å²) >= 11 is 3.59. The first kappa shape index (κ1) is 39.8. The van der Waals surface area contributed by atoms with Crippen molar-refractivity contribution >= 4 is 28.2 Å². The molecular weight excluding hydrogens is 728 g/mol. The highest BCUT2D eigenvalue weighted by molar-refractivity contribution is 9.10. The predicted octanol–water partition coefficient (Wildman–Crippen LogP) is 6.77. The maximum atomic E-state index is 13.0. The van der Waals surface area contributed by atoms with E-state index in [1.807, 2.05) is 50.0 Å². The van der Waals surface area contributed by atoms with Crippen molar-refractivity contribution in [1.29, 1.82) is 5.26 Å². The van der Waals surface area contributed by atoms with Gasteiger partial charge in [0.15, 0.2) is 0 Å². The molecule has 2 aliphatic rings. The van der Waals surface area contributed by atoms with E-state index in [0.717, 1.165) is 81.0 Å². The van der Waals surface area contributed by atoms with Gasteiger partial charge < -0.3 is 24.9 Å². The van der Waals surface area contributed by atoms with Crippen LogP contribution in [0.5, 0.6) is 0 Å². The Labute approximate surface area is 323 Å². The van der Waals surface area contributed by atoms with Crippen molar-refractivity contribution in [3.63, 3.8) is 0 Å². The monoisotopic (exact) mass is 780 g/mol. The van der Waals surface area contributed by atoms with Crippen molar-refractivity contribution in [3.8, 4) is 6.07 Å². The fraction of sp³-hybridized carbons (Fsp3) is 0.452.